The molecule has 1 saturated heterocycles. The van der Waals surface area contributed by atoms with Crippen molar-refractivity contribution in [2.75, 3.05) is 25.1 Å². The van der Waals surface area contributed by atoms with Gasteiger partial charge in [-0.1, -0.05) is 23.2 Å². The second-order valence-corrected chi connectivity index (χ2v) is 4.55. The molecule has 1 fully saturated rings. The van der Waals surface area contributed by atoms with Crippen molar-refractivity contribution in [2.24, 2.45) is 5.92 Å². The number of hydrogen-bond acceptors (Lipinski definition) is 2. The SMILES string of the molecule is Clc1ccc(NCC2CCOC2)cc1Cl. The molecule has 15 heavy (non-hydrogen) atoms. The van der Waals surface area contributed by atoms with Gasteiger partial charge in [0.15, 0.2) is 0 Å². The monoisotopic (exact) mass is 245 g/mol. The van der Waals surface area contributed by atoms with E-state index in [1.54, 1.807) is 6.07 Å². The highest BCUT2D eigenvalue weighted by Gasteiger charge is 2.14. The van der Waals surface area contributed by atoms with Crippen molar-refractivity contribution in [1.29, 1.82) is 0 Å². The van der Waals surface area contributed by atoms with E-state index in [1.165, 1.54) is 0 Å². The summed E-state index contributed by atoms with van der Waals surface area (Å²) in [6.45, 7) is 2.67. The fourth-order valence-corrected chi connectivity index (χ4v) is 1.91. The van der Waals surface area contributed by atoms with Crippen LogP contribution < -0.4 is 5.32 Å². The minimum absolute atomic E-state index is 0.587. The number of anilines is 1. The van der Waals surface area contributed by atoms with Crippen molar-refractivity contribution in [2.45, 2.75) is 6.42 Å². The largest absolute Gasteiger partial charge is 0.385 e. The molecule has 0 aliphatic carbocycles. The van der Waals surface area contributed by atoms with Crippen LogP contribution in [0.3, 0.4) is 0 Å². The minimum Gasteiger partial charge on any atom is -0.385 e. The van der Waals surface area contributed by atoms with Crippen LogP contribution in [-0.4, -0.2) is 19.8 Å². The first-order valence-electron chi connectivity index (χ1n) is 5.02. The molecule has 1 aliphatic rings. The van der Waals surface area contributed by atoms with Gasteiger partial charge in [0.25, 0.3) is 0 Å². The van der Waals surface area contributed by atoms with Crippen molar-refractivity contribution in [3.63, 3.8) is 0 Å². The van der Waals surface area contributed by atoms with Gasteiger partial charge in [-0.05, 0) is 24.6 Å². The van der Waals surface area contributed by atoms with Gasteiger partial charge in [0.2, 0.25) is 0 Å². The molecule has 0 bridgehead atoms. The predicted octanol–water partition coefficient (Wildman–Crippen LogP) is 3.44. The Hall–Kier alpha value is -0.440. The first-order chi connectivity index (χ1) is 7.25. The standard InChI is InChI=1S/C11H13Cl2NO/c12-10-2-1-9(5-11(10)13)14-6-8-3-4-15-7-8/h1-2,5,8,14H,3-4,6-7H2. The van der Waals surface area contributed by atoms with Crippen molar-refractivity contribution < 1.29 is 4.74 Å². The van der Waals surface area contributed by atoms with Crippen molar-refractivity contribution in [3.05, 3.63) is 28.2 Å². The van der Waals surface area contributed by atoms with E-state index < -0.39 is 0 Å². The summed E-state index contributed by atoms with van der Waals surface area (Å²) in [5.74, 6) is 0.611. The molecule has 0 radical (unpaired) electrons. The maximum Gasteiger partial charge on any atom is 0.0612 e. The molecule has 2 nitrogen and oxygen atoms in total. The summed E-state index contributed by atoms with van der Waals surface area (Å²) in [4.78, 5) is 0. The highest BCUT2D eigenvalue weighted by Crippen LogP contribution is 2.25. The number of halogens is 2. The van der Waals surface area contributed by atoms with Crippen LogP contribution in [0.25, 0.3) is 0 Å². The Morgan fingerprint density at radius 1 is 1.33 bits per heavy atom. The molecule has 1 unspecified atom stereocenters. The van der Waals surface area contributed by atoms with Crippen molar-refractivity contribution in [1.82, 2.24) is 0 Å². The average Bonchev–Trinajstić information content (AvgIpc) is 2.73. The van der Waals surface area contributed by atoms with Gasteiger partial charge in [0.05, 0.1) is 16.7 Å². The predicted molar refractivity (Wildman–Crippen MR) is 63.9 cm³/mol. The van der Waals surface area contributed by atoms with Crippen LogP contribution in [0.2, 0.25) is 10.0 Å². The lowest BCUT2D eigenvalue weighted by Crippen LogP contribution is -2.13. The van der Waals surface area contributed by atoms with Crippen LogP contribution in [0, 0.1) is 5.92 Å². The van der Waals surface area contributed by atoms with Crippen LogP contribution >= 0.6 is 23.2 Å². The molecule has 1 heterocycles. The Morgan fingerprint density at radius 2 is 2.20 bits per heavy atom. The Morgan fingerprint density at radius 3 is 2.87 bits per heavy atom. The Labute approximate surface area is 99.5 Å². The molecule has 0 amide bonds. The summed E-state index contributed by atoms with van der Waals surface area (Å²) in [5.41, 5.74) is 1.01. The van der Waals surface area contributed by atoms with E-state index in [1.807, 2.05) is 12.1 Å². The zero-order valence-corrected chi connectivity index (χ0v) is 9.81. The lowest BCUT2D eigenvalue weighted by molar-refractivity contribution is 0.187. The molecule has 2 rings (SSSR count). The topological polar surface area (TPSA) is 21.3 Å². The van der Waals surface area contributed by atoms with Crippen molar-refractivity contribution >= 4 is 28.9 Å². The van der Waals surface area contributed by atoms with Gasteiger partial charge in [-0.15, -0.1) is 0 Å². The molecule has 0 spiro atoms. The van der Waals surface area contributed by atoms with Crippen LogP contribution in [0.15, 0.2) is 18.2 Å². The minimum atomic E-state index is 0.587. The Kier molecular flexibility index (Phi) is 3.73. The highest BCUT2D eigenvalue weighted by molar-refractivity contribution is 6.42. The van der Waals surface area contributed by atoms with Gasteiger partial charge in [-0.25, -0.2) is 0 Å². The van der Waals surface area contributed by atoms with Crippen LogP contribution in [0.5, 0.6) is 0 Å². The lowest BCUT2D eigenvalue weighted by Gasteiger charge is -2.11. The number of rotatable bonds is 3. The number of nitrogens with one attached hydrogen (secondary N) is 1. The molecule has 4 heteroatoms. The fraction of sp³-hybridized carbons (Fsp3) is 0.455. The van der Waals surface area contributed by atoms with Gasteiger partial charge in [0.1, 0.15) is 0 Å². The molecule has 1 aromatic rings. The second-order valence-electron chi connectivity index (χ2n) is 3.74. The average molecular weight is 246 g/mol. The van der Waals surface area contributed by atoms with E-state index >= 15 is 0 Å². The summed E-state index contributed by atoms with van der Waals surface area (Å²) < 4.78 is 5.30. The van der Waals surface area contributed by atoms with Crippen LogP contribution in [0.1, 0.15) is 6.42 Å². The molecule has 0 saturated carbocycles. The molecule has 1 aromatic carbocycles. The van der Waals surface area contributed by atoms with Crippen LogP contribution in [-0.2, 0) is 4.74 Å². The van der Waals surface area contributed by atoms with E-state index in [0.29, 0.717) is 16.0 Å². The van der Waals surface area contributed by atoms with Gasteiger partial charge in [0, 0.05) is 24.8 Å². The molecule has 1 atom stereocenters. The normalized spacial score (nSPS) is 20.5. The fourth-order valence-electron chi connectivity index (χ4n) is 1.61. The first kappa shape index (κ1) is 11.1. The molecular weight excluding hydrogens is 233 g/mol. The smallest absolute Gasteiger partial charge is 0.0612 e. The summed E-state index contributed by atoms with van der Waals surface area (Å²) in [7, 11) is 0. The van der Waals surface area contributed by atoms with E-state index in [2.05, 4.69) is 5.32 Å². The van der Waals surface area contributed by atoms with E-state index in [4.69, 9.17) is 27.9 Å². The molecule has 0 aromatic heterocycles. The number of benzene rings is 1. The highest BCUT2D eigenvalue weighted by atomic mass is 35.5. The van der Waals surface area contributed by atoms with Gasteiger partial charge in [-0.2, -0.15) is 0 Å². The summed E-state index contributed by atoms with van der Waals surface area (Å²) >= 11 is 11.7. The zero-order valence-electron chi connectivity index (χ0n) is 8.30. The van der Waals surface area contributed by atoms with E-state index in [-0.39, 0.29) is 0 Å². The molecule has 1 aliphatic heterocycles. The molecule has 1 N–H and O–H groups in total. The number of hydrogen-bond donors (Lipinski definition) is 1. The molecular formula is C11H13Cl2NO. The molecule has 82 valence electrons. The van der Waals surface area contributed by atoms with Crippen LogP contribution in [0.4, 0.5) is 5.69 Å². The maximum atomic E-state index is 5.91. The Balaban J connectivity index is 1.90. The first-order valence-corrected chi connectivity index (χ1v) is 5.78. The maximum absolute atomic E-state index is 5.91. The van der Waals surface area contributed by atoms with Crippen molar-refractivity contribution in [3.8, 4) is 0 Å². The number of ether oxygens (including phenoxy) is 1. The van der Waals surface area contributed by atoms with Gasteiger partial charge < -0.3 is 10.1 Å². The van der Waals surface area contributed by atoms with E-state index in [9.17, 15) is 0 Å². The van der Waals surface area contributed by atoms with Gasteiger partial charge >= 0.3 is 0 Å². The summed E-state index contributed by atoms with van der Waals surface area (Å²) in [5, 5.41) is 4.51. The Bertz CT molecular complexity index is 337. The summed E-state index contributed by atoms with van der Waals surface area (Å²) in [6.07, 6.45) is 1.13. The quantitative estimate of drug-likeness (QED) is 0.881. The zero-order chi connectivity index (χ0) is 10.7. The third kappa shape index (κ3) is 3.00. The summed E-state index contributed by atoms with van der Waals surface area (Å²) in [6, 6.07) is 5.58. The lowest BCUT2D eigenvalue weighted by atomic mass is 10.1. The third-order valence-corrected chi connectivity index (χ3v) is 3.28. The third-order valence-electron chi connectivity index (χ3n) is 2.54. The van der Waals surface area contributed by atoms with Gasteiger partial charge in [-0.3, -0.25) is 0 Å². The van der Waals surface area contributed by atoms with E-state index in [0.717, 1.165) is 31.9 Å². The second kappa shape index (κ2) is 5.06.